The normalized spacial score (nSPS) is 12.0. The summed E-state index contributed by atoms with van der Waals surface area (Å²) in [5, 5.41) is 14.5. The van der Waals surface area contributed by atoms with E-state index in [0.717, 1.165) is 17.3 Å². The molecule has 0 saturated heterocycles. The Morgan fingerprint density at radius 1 is 1.31 bits per heavy atom. The zero-order chi connectivity index (χ0) is 18.7. The van der Waals surface area contributed by atoms with E-state index in [0.29, 0.717) is 10.8 Å². The minimum absolute atomic E-state index is 0.139. The minimum atomic E-state index is -0.495. The number of tetrazole rings is 1. The van der Waals surface area contributed by atoms with E-state index in [1.165, 1.54) is 23.9 Å². The Hall–Kier alpha value is -2.45. The number of aryl methyl sites for hydroxylation is 1. The van der Waals surface area contributed by atoms with Crippen LogP contribution in [0.3, 0.4) is 0 Å². The summed E-state index contributed by atoms with van der Waals surface area (Å²) in [4.78, 5) is 12.4. The van der Waals surface area contributed by atoms with Crippen LogP contribution in [0.15, 0.2) is 47.6 Å². The van der Waals surface area contributed by atoms with E-state index >= 15 is 0 Å². The number of thioether (sulfide) groups is 1. The van der Waals surface area contributed by atoms with Crippen molar-refractivity contribution in [2.75, 3.05) is 5.32 Å². The van der Waals surface area contributed by atoms with Crippen LogP contribution >= 0.6 is 23.4 Å². The summed E-state index contributed by atoms with van der Waals surface area (Å²) in [6.45, 7) is 3.70. The van der Waals surface area contributed by atoms with Gasteiger partial charge in [-0.2, -0.15) is 4.68 Å². The minimum Gasteiger partial charge on any atom is -0.324 e. The van der Waals surface area contributed by atoms with Crippen LogP contribution in [0.25, 0.3) is 5.69 Å². The summed E-state index contributed by atoms with van der Waals surface area (Å²) in [7, 11) is 0. The van der Waals surface area contributed by atoms with Crippen LogP contribution in [-0.4, -0.2) is 31.4 Å². The van der Waals surface area contributed by atoms with Gasteiger partial charge in [-0.1, -0.05) is 35.5 Å². The van der Waals surface area contributed by atoms with Crippen molar-refractivity contribution in [2.24, 2.45) is 0 Å². The third-order valence-electron chi connectivity index (χ3n) is 3.53. The predicted octanol–water partition coefficient (Wildman–Crippen LogP) is 3.88. The molecule has 6 nitrogen and oxygen atoms in total. The Balaban J connectivity index is 1.73. The molecule has 0 aliphatic rings. The number of hydrogen-bond donors (Lipinski definition) is 1. The average Bonchev–Trinajstić information content (AvgIpc) is 3.05. The van der Waals surface area contributed by atoms with Gasteiger partial charge in [0.2, 0.25) is 11.1 Å². The molecule has 1 amide bonds. The Morgan fingerprint density at radius 3 is 2.85 bits per heavy atom. The molecule has 0 aliphatic carbocycles. The molecule has 0 spiro atoms. The van der Waals surface area contributed by atoms with Crippen LogP contribution < -0.4 is 5.32 Å². The molecular formula is C17H15ClFN5OS. The fourth-order valence-corrected chi connectivity index (χ4v) is 3.23. The van der Waals surface area contributed by atoms with Crippen LogP contribution in [0.1, 0.15) is 12.5 Å². The highest BCUT2D eigenvalue weighted by Gasteiger charge is 2.20. The third-order valence-corrected chi connectivity index (χ3v) is 4.87. The molecule has 1 heterocycles. The summed E-state index contributed by atoms with van der Waals surface area (Å²) in [5.74, 6) is -0.755. The Kier molecular flexibility index (Phi) is 5.53. The lowest BCUT2D eigenvalue weighted by Crippen LogP contribution is -2.23. The summed E-state index contributed by atoms with van der Waals surface area (Å²) < 4.78 is 14.7. The Bertz CT molecular complexity index is 948. The van der Waals surface area contributed by atoms with Crippen molar-refractivity contribution < 1.29 is 9.18 Å². The van der Waals surface area contributed by atoms with Gasteiger partial charge in [0.25, 0.3) is 0 Å². The first-order chi connectivity index (χ1) is 12.4. The first-order valence-electron chi connectivity index (χ1n) is 7.72. The fourth-order valence-electron chi connectivity index (χ4n) is 2.21. The van der Waals surface area contributed by atoms with Gasteiger partial charge in [0.05, 0.1) is 21.6 Å². The maximum Gasteiger partial charge on any atom is 0.237 e. The SMILES string of the molecule is Cc1cccc(-n2nnnc2SC(C)C(=O)Nc2ccc(F)cc2Cl)c1. The van der Waals surface area contributed by atoms with E-state index in [1.807, 2.05) is 31.2 Å². The molecule has 1 unspecified atom stereocenters. The first kappa shape index (κ1) is 18.3. The summed E-state index contributed by atoms with van der Waals surface area (Å²) in [6, 6.07) is 11.5. The number of aromatic nitrogens is 4. The average molecular weight is 392 g/mol. The second kappa shape index (κ2) is 7.84. The standard InChI is InChI=1S/C17H15ClFN5OS/c1-10-4-3-5-13(8-10)24-17(21-22-23-24)26-11(2)16(25)20-15-7-6-12(19)9-14(15)18/h3-9,11H,1-2H3,(H,20,25). The molecule has 3 aromatic rings. The lowest BCUT2D eigenvalue weighted by Gasteiger charge is -2.12. The van der Waals surface area contributed by atoms with Crippen molar-refractivity contribution >= 4 is 35.0 Å². The van der Waals surface area contributed by atoms with E-state index in [4.69, 9.17) is 11.6 Å². The van der Waals surface area contributed by atoms with Crippen LogP contribution in [0, 0.1) is 12.7 Å². The lowest BCUT2D eigenvalue weighted by atomic mass is 10.2. The molecule has 0 aliphatic heterocycles. The van der Waals surface area contributed by atoms with E-state index in [1.54, 1.807) is 11.6 Å². The number of hydrogen-bond acceptors (Lipinski definition) is 5. The van der Waals surface area contributed by atoms with Crippen molar-refractivity contribution in [1.29, 1.82) is 0 Å². The highest BCUT2D eigenvalue weighted by Crippen LogP contribution is 2.26. The molecule has 9 heteroatoms. The molecule has 3 rings (SSSR count). The zero-order valence-corrected chi connectivity index (χ0v) is 15.6. The highest BCUT2D eigenvalue weighted by molar-refractivity contribution is 8.00. The summed E-state index contributed by atoms with van der Waals surface area (Å²) in [5.41, 5.74) is 2.24. The molecule has 1 aromatic heterocycles. The molecule has 2 aromatic carbocycles. The quantitative estimate of drug-likeness (QED) is 0.668. The molecule has 0 saturated carbocycles. The predicted molar refractivity (Wildman–Crippen MR) is 99.2 cm³/mol. The Labute approximate surface area is 158 Å². The van der Waals surface area contributed by atoms with Gasteiger partial charge in [-0.25, -0.2) is 4.39 Å². The summed E-state index contributed by atoms with van der Waals surface area (Å²) >= 11 is 7.15. The van der Waals surface area contributed by atoms with Crippen molar-refractivity contribution in [2.45, 2.75) is 24.3 Å². The van der Waals surface area contributed by atoms with Crippen molar-refractivity contribution in [3.8, 4) is 5.69 Å². The number of rotatable bonds is 5. The number of benzene rings is 2. The van der Waals surface area contributed by atoms with Gasteiger partial charge < -0.3 is 5.32 Å². The van der Waals surface area contributed by atoms with Crippen LogP contribution in [0.4, 0.5) is 10.1 Å². The van der Waals surface area contributed by atoms with E-state index < -0.39 is 11.1 Å². The van der Waals surface area contributed by atoms with Crippen molar-refractivity contribution in [1.82, 2.24) is 20.2 Å². The van der Waals surface area contributed by atoms with Gasteiger partial charge in [0, 0.05) is 0 Å². The van der Waals surface area contributed by atoms with E-state index in [2.05, 4.69) is 20.8 Å². The monoisotopic (exact) mass is 391 g/mol. The number of anilines is 1. The van der Waals surface area contributed by atoms with E-state index in [9.17, 15) is 9.18 Å². The lowest BCUT2D eigenvalue weighted by molar-refractivity contribution is -0.115. The molecule has 1 atom stereocenters. The molecular weight excluding hydrogens is 377 g/mol. The second-order valence-electron chi connectivity index (χ2n) is 5.59. The number of carbonyl (C=O) groups is 1. The van der Waals surface area contributed by atoms with Crippen molar-refractivity contribution in [3.05, 3.63) is 58.9 Å². The molecule has 134 valence electrons. The van der Waals surface area contributed by atoms with E-state index in [-0.39, 0.29) is 10.9 Å². The smallest absolute Gasteiger partial charge is 0.237 e. The van der Waals surface area contributed by atoms with Gasteiger partial charge in [0.1, 0.15) is 5.82 Å². The molecule has 0 fully saturated rings. The first-order valence-corrected chi connectivity index (χ1v) is 8.98. The van der Waals surface area contributed by atoms with Crippen molar-refractivity contribution in [3.63, 3.8) is 0 Å². The van der Waals surface area contributed by atoms with Gasteiger partial charge in [-0.15, -0.1) is 5.10 Å². The number of nitrogens with zero attached hydrogens (tertiary/aromatic N) is 4. The third kappa shape index (κ3) is 4.20. The molecule has 1 N–H and O–H groups in total. The largest absolute Gasteiger partial charge is 0.324 e. The topological polar surface area (TPSA) is 72.7 Å². The van der Waals surface area contributed by atoms with Gasteiger partial charge in [-0.05, 0) is 60.2 Å². The molecule has 0 radical (unpaired) electrons. The maximum atomic E-state index is 13.1. The second-order valence-corrected chi connectivity index (χ2v) is 7.30. The van der Waals surface area contributed by atoms with Gasteiger partial charge >= 0.3 is 0 Å². The van der Waals surface area contributed by atoms with Crippen LogP contribution in [-0.2, 0) is 4.79 Å². The van der Waals surface area contributed by atoms with Crippen LogP contribution in [0.5, 0.6) is 0 Å². The van der Waals surface area contributed by atoms with Gasteiger partial charge in [0.15, 0.2) is 0 Å². The number of nitrogens with one attached hydrogen (secondary N) is 1. The zero-order valence-electron chi connectivity index (χ0n) is 14.0. The summed E-state index contributed by atoms with van der Waals surface area (Å²) in [6.07, 6.45) is 0. The maximum absolute atomic E-state index is 13.1. The Morgan fingerprint density at radius 2 is 2.12 bits per heavy atom. The number of amides is 1. The number of halogens is 2. The van der Waals surface area contributed by atoms with Crippen LogP contribution in [0.2, 0.25) is 5.02 Å². The molecule has 26 heavy (non-hydrogen) atoms. The van der Waals surface area contributed by atoms with Gasteiger partial charge in [-0.3, -0.25) is 4.79 Å². The highest BCUT2D eigenvalue weighted by atomic mass is 35.5. The fraction of sp³-hybridized carbons (Fsp3) is 0.176. The molecule has 0 bridgehead atoms. The number of carbonyl (C=O) groups excluding carboxylic acids is 1.